The molecule has 0 aromatic heterocycles. The minimum absolute atomic E-state index is 0.282. The van der Waals surface area contributed by atoms with Crippen LogP contribution >= 0.6 is 11.6 Å². The van der Waals surface area contributed by atoms with Crippen LogP contribution in [0.5, 0.6) is 0 Å². The lowest BCUT2D eigenvalue weighted by atomic mass is 9.85. The van der Waals surface area contributed by atoms with Gasteiger partial charge in [-0.05, 0) is 49.3 Å². The molecule has 1 rings (SSSR count). The SMILES string of the molecule is CNC(=O)[C@@H](NC(=O)[C@H](CCCc1ccc(Cl)cc1)[C@H](C)N(O)C=O)C(C)(C)C. The fraction of sp³-hybridized carbons (Fsp3) is 0.571. The molecular weight excluding hydrogens is 394 g/mol. The van der Waals surface area contributed by atoms with E-state index >= 15 is 0 Å². The largest absolute Gasteiger partial charge is 0.357 e. The Bertz CT molecular complexity index is 688. The highest BCUT2D eigenvalue weighted by Gasteiger charge is 2.36. The van der Waals surface area contributed by atoms with Crippen LogP contribution in [0, 0.1) is 11.3 Å². The number of carbonyl (C=O) groups is 3. The summed E-state index contributed by atoms with van der Waals surface area (Å²) in [4.78, 5) is 36.3. The average molecular weight is 426 g/mol. The van der Waals surface area contributed by atoms with Crippen molar-refractivity contribution >= 4 is 29.8 Å². The van der Waals surface area contributed by atoms with Crippen LogP contribution in [0.4, 0.5) is 0 Å². The van der Waals surface area contributed by atoms with E-state index in [2.05, 4.69) is 10.6 Å². The van der Waals surface area contributed by atoms with Gasteiger partial charge in [0.1, 0.15) is 6.04 Å². The number of aryl methyl sites for hydroxylation is 1. The first-order valence-electron chi connectivity index (χ1n) is 9.70. The van der Waals surface area contributed by atoms with Gasteiger partial charge in [0.2, 0.25) is 18.2 Å². The maximum absolute atomic E-state index is 13.0. The highest BCUT2D eigenvalue weighted by Crippen LogP contribution is 2.23. The minimum atomic E-state index is -0.741. The molecule has 0 heterocycles. The lowest BCUT2D eigenvalue weighted by Gasteiger charge is -2.33. The smallest absolute Gasteiger partial charge is 0.242 e. The Labute approximate surface area is 177 Å². The molecule has 1 aromatic carbocycles. The molecule has 0 unspecified atom stereocenters. The maximum atomic E-state index is 13.0. The lowest BCUT2D eigenvalue weighted by Crippen LogP contribution is -2.56. The number of carbonyl (C=O) groups excluding carboxylic acids is 3. The molecule has 29 heavy (non-hydrogen) atoms. The number of likely N-dealkylation sites (N-methyl/N-ethyl adjacent to an activating group) is 1. The molecule has 0 radical (unpaired) electrons. The van der Waals surface area contributed by atoms with Crippen molar-refractivity contribution in [2.75, 3.05) is 7.05 Å². The molecule has 0 saturated heterocycles. The minimum Gasteiger partial charge on any atom is -0.357 e. The normalized spacial score (nSPS) is 14.4. The molecule has 0 aliphatic rings. The predicted molar refractivity (Wildman–Crippen MR) is 112 cm³/mol. The van der Waals surface area contributed by atoms with Crippen LogP contribution in [-0.4, -0.2) is 47.6 Å². The molecule has 0 aliphatic heterocycles. The van der Waals surface area contributed by atoms with Gasteiger partial charge in [-0.1, -0.05) is 44.5 Å². The van der Waals surface area contributed by atoms with E-state index in [1.165, 1.54) is 7.05 Å². The highest BCUT2D eigenvalue weighted by atomic mass is 35.5. The Morgan fingerprint density at radius 2 is 1.79 bits per heavy atom. The summed E-state index contributed by atoms with van der Waals surface area (Å²) in [5.41, 5.74) is 0.575. The Balaban J connectivity index is 2.92. The molecule has 7 nitrogen and oxygen atoms in total. The number of amides is 3. The Morgan fingerprint density at radius 3 is 2.28 bits per heavy atom. The Hall–Kier alpha value is -2.12. The summed E-state index contributed by atoms with van der Waals surface area (Å²) in [7, 11) is 1.52. The number of benzene rings is 1. The zero-order valence-corrected chi connectivity index (χ0v) is 18.5. The number of nitrogens with one attached hydrogen (secondary N) is 2. The van der Waals surface area contributed by atoms with Gasteiger partial charge in [-0.3, -0.25) is 19.6 Å². The van der Waals surface area contributed by atoms with Crippen molar-refractivity contribution in [3.05, 3.63) is 34.9 Å². The van der Waals surface area contributed by atoms with Crippen molar-refractivity contribution in [1.29, 1.82) is 0 Å². The average Bonchev–Trinajstić information content (AvgIpc) is 2.68. The van der Waals surface area contributed by atoms with Gasteiger partial charge in [0, 0.05) is 12.1 Å². The first-order valence-corrected chi connectivity index (χ1v) is 10.1. The molecule has 0 spiro atoms. The summed E-state index contributed by atoms with van der Waals surface area (Å²) in [5, 5.41) is 16.4. The van der Waals surface area contributed by atoms with Crippen molar-refractivity contribution in [2.24, 2.45) is 11.3 Å². The number of hydroxylamine groups is 2. The molecular formula is C21H32ClN3O4. The summed E-state index contributed by atoms with van der Waals surface area (Å²) in [6.45, 7) is 7.18. The summed E-state index contributed by atoms with van der Waals surface area (Å²) in [5.74, 6) is -1.35. The van der Waals surface area contributed by atoms with Gasteiger partial charge < -0.3 is 10.6 Å². The fourth-order valence-electron chi connectivity index (χ4n) is 3.12. The molecule has 0 bridgehead atoms. The van der Waals surface area contributed by atoms with Gasteiger partial charge in [0.05, 0.1) is 12.0 Å². The molecule has 3 N–H and O–H groups in total. The number of rotatable bonds is 10. The zero-order valence-electron chi connectivity index (χ0n) is 17.7. The highest BCUT2D eigenvalue weighted by molar-refractivity contribution is 6.30. The third-order valence-electron chi connectivity index (χ3n) is 5.00. The standard InChI is InChI=1S/C21H32ClN3O4/c1-14(25(29)13-26)17(8-6-7-15-9-11-16(22)12-10-15)19(27)24-18(20(28)23-5)21(2,3)4/h9-14,17-18,29H,6-8H2,1-5H3,(H,23,28)(H,24,27)/t14-,17+,18+/m0/s1. The number of nitrogens with zero attached hydrogens (tertiary/aromatic N) is 1. The van der Waals surface area contributed by atoms with E-state index in [1.54, 1.807) is 6.92 Å². The van der Waals surface area contributed by atoms with Crippen molar-refractivity contribution < 1.29 is 19.6 Å². The Kier molecular flexibility index (Phi) is 9.59. The van der Waals surface area contributed by atoms with Crippen LogP contribution in [-0.2, 0) is 20.8 Å². The predicted octanol–water partition coefficient (Wildman–Crippen LogP) is 2.79. The van der Waals surface area contributed by atoms with E-state index in [9.17, 15) is 19.6 Å². The first-order chi connectivity index (χ1) is 13.5. The fourth-order valence-corrected chi connectivity index (χ4v) is 3.24. The van der Waals surface area contributed by atoms with Gasteiger partial charge >= 0.3 is 0 Å². The monoisotopic (exact) mass is 425 g/mol. The summed E-state index contributed by atoms with van der Waals surface area (Å²) < 4.78 is 0. The van der Waals surface area contributed by atoms with Crippen LogP contribution in [0.15, 0.2) is 24.3 Å². The van der Waals surface area contributed by atoms with Crippen LogP contribution in [0.2, 0.25) is 5.02 Å². The van der Waals surface area contributed by atoms with Crippen molar-refractivity contribution in [3.8, 4) is 0 Å². The molecule has 8 heteroatoms. The van der Waals surface area contributed by atoms with Crippen molar-refractivity contribution in [3.63, 3.8) is 0 Å². The molecule has 0 fully saturated rings. The first kappa shape index (κ1) is 24.9. The zero-order chi connectivity index (χ0) is 22.2. The summed E-state index contributed by atoms with van der Waals surface area (Å²) >= 11 is 5.90. The van der Waals surface area contributed by atoms with Gasteiger partial charge in [-0.25, -0.2) is 5.06 Å². The second-order valence-electron chi connectivity index (χ2n) is 8.27. The van der Waals surface area contributed by atoms with Crippen LogP contribution < -0.4 is 10.6 Å². The van der Waals surface area contributed by atoms with Gasteiger partial charge in [-0.15, -0.1) is 0 Å². The number of halogens is 1. The second-order valence-corrected chi connectivity index (χ2v) is 8.71. The third kappa shape index (κ3) is 7.66. The maximum Gasteiger partial charge on any atom is 0.242 e. The van der Waals surface area contributed by atoms with Crippen LogP contribution in [0.1, 0.15) is 46.1 Å². The quantitative estimate of drug-likeness (QED) is 0.305. The summed E-state index contributed by atoms with van der Waals surface area (Å²) in [6, 6.07) is 5.99. The summed E-state index contributed by atoms with van der Waals surface area (Å²) in [6.07, 6.45) is 2.10. The van der Waals surface area contributed by atoms with Gasteiger partial charge in [0.25, 0.3) is 0 Å². The molecule has 0 aliphatic carbocycles. The molecule has 0 saturated carbocycles. The molecule has 3 amide bonds. The molecule has 3 atom stereocenters. The van der Waals surface area contributed by atoms with E-state index in [-0.39, 0.29) is 18.2 Å². The van der Waals surface area contributed by atoms with E-state index in [4.69, 9.17) is 11.6 Å². The van der Waals surface area contributed by atoms with Gasteiger partial charge in [-0.2, -0.15) is 0 Å². The molecule has 1 aromatic rings. The lowest BCUT2D eigenvalue weighted by molar-refractivity contribution is -0.166. The van der Waals surface area contributed by atoms with Crippen molar-refractivity contribution in [2.45, 2.75) is 59.0 Å². The number of hydrogen-bond donors (Lipinski definition) is 3. The van der Waals surface area contributed by atoms with Gasteiger partial charge in [0.15, 0.2) is 0 Å². The van der Waals surface area contributed by atoms with E-state index in [1.807, 2.05) is 45.0 Å². The number of hydrogen-bond acceptors (Lipinski definition) is 4. The topological polar surface area (TPSA) is 98.7 Å². The van der Waals surface area contributed by atoms with Crippen molar-refractivity contribution in [1.82, 2.24) is 15.7 Å². The molecule has 162 valence electrons. The van der Waals surface area contributed by atoms with Crippen LogP contribution in [0.25, 0.3) is 0 Å². The van der Waals surface area contributed by atoms with Crippen LogP contribution in [0.3, 0.4) is 0 Å². The second kappa shape index (κ2) is 11.2. The Morgan fingerprint density at radius 1 is 1.21 bits per heavy atom. The van der Waals surface area contributed by atoms with E-state index in [0.29, 0.717) is 22.9 Å². The van der Waals surface area contributed by atoms with E-state index in [0.717, 1.165) is 12.0 Å². The van der Waals surface area contributed by atoms with E-state index < -0.39 is 23.4 Å². The third-order valence-corrected chi connectivity index (χ3v) is 5.25.